The molecule has 132 valence electrons. The van der Waals surface area contributed by atoms with Gasteiger partial charge < -0.3 is 15.6 Å². The van der Waals surface area contributed by atoms with E-state index in [-0.39, 0.29) is 23.2 Å². The number of carbonyl (C=O) groups excluding carboxylic acids is 1. The van der Waals surface area contributed by atoms with Crippen molar-refractivity contribution in [2.45, 2.75) is 24.2 Å². The molecule has 2 rings (SSSR count). The van der Waals surface area contributed by atoms with Gasteiger partial charge in [0.15, 0.2) is 0 Å². The van der Waals surface area contributed by atoms with E-state index in [4.69, 9.17) is 5.73 Å². The van der Waals surface area contributed by atoms with Crippen LogP contribution >= 0.6 is 12.4 Å². The van der Waals surface area contributed by atoms with Gasteiger partial charge in [-0.3, -0.25) is 4.79 Å². The van der Waals surface area contributed by atoms with E-state index in [9.17, 15) is 13.2 Å². The molecule has 3 N–H and O–H groups in total. The standard InChI is InChI=1S/C14H24N4O3S.ClH/c1-16-14(19)13-8-12(10-17(13)2)22(20,21)18-7-3-4-11(9-18)5-6-15;/h8,10-11H,3-7,9,15H2,1-2H3,(H,16,19);1H. The summed E-state index contributed by atoms with van der Waals surface area (Å²) in [7, 11) is -0.382. The molecule has 1 aliphatic rings. The molecule has 9 heteroatoms. The number of nitrogens with zero attached hydrogens (tertiary/aromatic N) is 2. The van der Waals surface area contributed by atoms with E-state index in [0.29, 0.717) is 31.2 Å². The molecule has 1 unspecified atom stereocenters. The Hall–Kier alpha value is -1.09. The predicted molar refractivity (Wildman–Crippen MR) is 91.2 cm³/mol. The van der Waals surface area contributed by atoms with Crippen molar-refractivity contribution in [1.82, 2.24) is 14.2 Å². The predicted octanol–water partition coefficient (Wildman–Crippen LogP) is 0.556. The lowest BCUT2D eigenvalue weighted by Crippen LogP contribution is -2.40. The van der Waals surface area contributed by atoms with Crippen molar-refractivity contribution in [2.24, 2.45) is 18.7 Å². The Morgan fingerprint density at radius 3 is 2.78 bits per heavy atom. The van der Waals surface area contributed by atoms with E-state index >= 15 is 0 Å². The Balaban J connectivity index is 0.00000264. The molecule has 1 atom stereocenters. The number of hydrogen-bond donors (Lipinski definition) is 2. The van der Waals surface area contributed by atoms with Gasteiger partial charge >= 0.3 is 0 Å². The second kappa shape index (κ2) is 8.14. The zero-order valence-electron chi connectivity index (χ0n) is 13.5. The fraction of sp³-hybridized carbons (Fsp3) is 0.643. The summed E-state index contributed by atoms with van der Waals surface area (Å²) in [5.74, 6) is 0.0132. The zero-order chi connectivity index (χ0) is 16.3. The largest absolute Gasteiger partial charge is 0.354 e. The average Bonchev–Trinajstić information content (AvgIpc) is 2.90. The lowest BCUT2D eigenvalue weighted by Gasteiger charge is -2.31. The maximum absolute atomic E-state index is 12.8. The molecule has 7 nitrogen and oxygen atoms in total. The van der Waals surface area contributed by atoms with Crippen LogP contribution in [0.15, 0.2) is 17.2 Å². The molecular formula is C14H25ClN4O3S. The molecule has 0 aromatic carbocycles. The lowest BCUT2D eigenvalue weighted by molar-refractivity contribution is 0.0955. The quantitative estimate of drug-likeness (QED) is 0.797. The summed E-state index contributed by atoms with van der Waals surface area (Å²) in [6, 6.07) is 1.43. The number of nitrogens with one attached hydrogen (secondary N) is 1. The Labute approximate surface area is 143 Å². The molecule has 1 saturated heterocycles. The summed E-state index contributed by atoms with van der Waals surface area (Å²) < 4.78 is 28.6. The first-order valence-electron chi connectivity index (χ1n) is 7.48. The fourth-order valence-corrected chi connectivity index (χ4v) is 4.52. The molecule has 0 bridgehead atoms. The van der Waals surface area contributed by atoms with Crippen molar-refractivity contribution in [3.63, 3.8) is 0 Å². The van der Waals surface area contributed by atoms with Crippen LogP contribution in [0, 0.1) is 5.92 Å². The topological polar surface area (TPSA) is 97.4 Å². The van der Waals surface area contributed by atoms with Crippen LogP contribution in [-0.2, 0) is 17.1 Å². The molecule has 1 aromatic heterocycles. The molecular weight excluding hydrogens is 340 g/mol. The monoisotopic (exact) mass is 364 g/mol. The minimum Gasteiger partial charge on any atom is -0.354 e. The molecule has 2 heterocycles. The lowest BCUT2D eigenvalue weighted by atomic mass is 9.96. The van der Waals surface area contributed by atoms with Gasteiger partial charge in [0.25, 0.3) is 5.91 Å². The second-order valence-corrected chi connectivity index (χ2v) is 7.64. The molecule has 0 saturated carbocycles. The number of aromatic nitrogens is 1. The van der Waals surface area contributed by atoms with E-state index in [1.807, 2.05) is 0 Å². The summed E-state index contributed by atoms with van der Waals surface area (Å²) in [4.78, 5) is 11.9. The molecule has 1 aromatic rings. The molecule has 0 spiro atoms. The van der Waals surface area contributed by atoms with Gasteiger partial charge in [0, 0.05) is 33.4 Å². The summed E-state index contributed by atoms with van der Waals surface area (Å²) in [6.45, 7) is 1.60. The highest BCUT2D eigenvalue weighted by molar-refractivity contribution is 7.89. The van der Waals surface area contributed by atoms with Gasteiger partial charge in [0.1, 0.15) is 10.6 Å². The highest BCUT2D eigenvalue weighted by atomic mass is 35.5. The van der Waals surface area contributed by atoms with Crippen molar-refractivity contribution in [1.29, 1.82) is 0 Å². The Morgan fingerprint density at radius 1 is 1.48 bits per heavy atom. The Bertz CT molecular complexity index is 642. The Kier molecular flexibility index (Phi) is 7.06. The number of rotatable bonds is 5. The van der Waals surface area contributed by atoms with Crippen LogP contribution in [0.4, 0.5) is 0 Å². The number of piperidine rings is 1. The summed E-state index contributed by atoms with van der Waals surface area (Å²) >= 11 is 0. The van der Waals surface area contributed by atoms with Gasteiger partial charge in [-0.05, 0) is 37.8 Å². The normalized spacial score (nSPS) is 19.2. The van der Waals surface area contributed by atoms with E-state index < -0.39 is 10.0 Å². The molecule has 1 aliphatic heterocycles. The van der Waals surface area contributed by atoms with Crippen molar-refractivity contribution in [3.05, 3.63) is 18.0 Å². The van der Waals surface area contributed by atoms with Crippen molar-refractivity contribution >= 4 is 28.3 Å². The summed E-state index contributed by atoms with van der Waals surface area (Å²) in [6.07, 6.45) is 4.19. The van der Waals surface area contributed by atoms with Crippen LogP contribution in [0.25, 0.3) is 0 Å². The number of carbonyl (C=O) groups is 1. The number of sulfonamides is 1. The van der Waals surface area contributed by atoms with Crippen LogP contribution in [-0.4, -0.2) is 49.9 Å². The average molecular weight is 365 g/mol. The van der Waals surface area contributed by atoms with Gasteiger partial charge in [0.05, 0.1) is 0 Å². The number of aryl methyl sites for hydroxylation is 1. The van der Waals surface area contributed by atoms with Gasteiger partial charge in [-0.15, -0.1) is 12.4 Å². The first-order valence-corrected chi connectivity index (χ1v) is 8.92. The van der Waals surface area contributed by atoms with E-state index in [0.717, 1.165) is 19.3 Å². The third-order valence-corrected chi connectivity index (χ3v) is 5.96. The number of nitrogens with two attached hydrogens (primary N) is 1. The molecule has 0 aliphatic carbocycles. The highest BCUT2D eigenvalue weighted by Gasteiger charge is 2.31. The van der Waals surface area contributed by atoms with Gasteiger partial charge in [-0.25, -0.2) is 8.42 Å². The van der Waals surface area contributed by atoms with Crippen LogP contribution in [0.5, 0.6) is 0 Å². The first-order chi connectivity index (χ1) is 10.4. The fourth-order valence-electron chi connectivity index (χ4n) is 2.89. The van der Waals surface area contributed by atoms with Crippen LogP contribution in [0.2, 0.25) is 0 Å². The van der Waals surface area contributed by atoms with E-state index in [1.54, 1.807) is 7.05 Å². The molecule has 1 amide bonds. The van der Waals surface area contributed by atoms with Crippen molar-refractivity contribution in [3.8, 4) is 0 Å². The first kappa shape index (κ1) is 20.0. The van der Waals surface area contributed by atoms with Gasteiger partial charge in [-0.1, -0.05) is 0 Å². The molecule has 0 radical (unpaired) electrons. The maximum atomic E-state index is 12.8. The van der Waals surface area contributed by atoms with Crippen molar-refractivity contribution < 1.29 is 13.2 Å². The number of amides is 1. The Morgan fingerprint density at radius 2 is 2.17 bits per heavy atom. The van der Waals surface area contributed by atoms with Gasteiger partial charge in [0.2, 0.25) is 10.0 Å². The SMILES string of the molecule is CNC(=O)c1cc(S(=O)(=O)N2CCCC(CCN)C2)cn1C.Cl. The smallest absolute Gasteiger partial charge is 0.267 e. The minimum absolute atomic E-state index is 0. The summed E-state index contributed by atoms with van der Waals surface area (Å²) in [5, 5.41) is 2.51. The van der Waals surface area contributed by atoms with Crippen molar-refractivity contribution in [2.75, 3.05) is 26.7 Å². The third kappa shape index (κ3) is 4.26. The molecule has 1 fully saturated rings. The number of halogens is 1. The third-order valence-electron chi connectivity index (χ3n) is 4.13. The van der Waals surface area contributed by atoms with Crippen LogP contribution in [0.3, 0.4) is 0 Å². The molecule has 23 heavy (non-hydrogen) atoms. The number of hydrogen-bond acceptors (Lipinski definition) is 4. The maximum Gasteiger partial charge on any atom is 0.267 e. The van der Waals surface area contributed by atoms with Crippen LogP contribution < -0.4 is 11.1 Å². The van der Waals surface area contributed by atoms with E-state index in [2.05, 4.69) is 5.32 Å². The zero-order valence-corrected chi connectivity index (χ0v) is 15.1. The summed E-state index contributed by atoms with van der Waals surface area (Å²) in [5.41, 5.74) is 5.91. The van der Waals surface area contributed by atoms with E-state index in [1.165, 1.54) is 28.2 Å². The second-order valence-electron chi connectivity index (χ2n) is 5.70. The minimum atomic E-state index is -3.56. The van der Waals surface area contributed by atoms with Gasteiger partial charge in [-0.2, -0.15) is 4.31 Å². The highest BCUT2D eigenvalue weighted by Crippen LogP contribution is 2.26. The van der Waals surface area contributed by atoms with Crippen LogP contribution in [0.1, 0.15) is 29.8 Å².